The second kappa shape index (κ2) is 6.08. The lowest BCUT2D eigenvalue weighted by molar-refractivity contribution is 0.695. The Morgan fingerprint density at radius 2 is 1.31 bits per heavy atom. The highest BCUT2D eigenvalue weighted by atomic mass is 35.6. The van der Waals surface area contributed by atoms with Crippen molar-refractivity contribution in [2.75, 3.05) is 0 Å². The van der Waals surface area contributed by atoms with E-state index < -0.39 is 7.38 Å². The molecule has 0 radical (unpaired) electrons. The van der Waals surface area contributed by atoms with Crippen LogP contribution in [0.25, 0.3) is 0 Å². The first-order chi connectivity index (χ1) is 5.96. The first-order valence-corrected chi connectivity index (χ1v) is 9.32. The van der Waals surface area contributed by atoms with Crippen molar-refractivity contribution >= 4 is 18.5 Å². The van der Waals surface area contributed by atoms with Crippen molar-refractivity contribution in [1.29, 1.82) is 0 Å². The zero-order valence-electron chi connectivity index (χ0n) is 9.86. The molecular formula is C11H25ClSi. The predicted molar refractivity (Wildman–Crippen MR) is 66.1 cm³/mol. The van der Waals surface area contributed by atoms with Gasteiger partial charge in [-0.3, -0.25) is 0 Å². The van der Waals surface area contributed by atoms with Crippen LogP contribution in [0.15, 0.2) is 0 Å². The lowest BCUT2D eigenvalue weighted by Gasteiger charge is -2.32. The van der Waals surface area contributed by atoms with Gasteiger partial charge in [-0.05, 0) is 11.1 Å². The molecule has 2 atom stereocenters. The maximum Gasteiger partial charge on any atom is 0.159 e. The van der Waals surface area contributed by atoms with Crippen LogP contribution in [0.2, 0.25) is 17.6 Å². The highest BCUT2D eigenvalue weighted by Gasteiger charge is 2.36. The molecule has 2 unspecified atom stereocenters. The van der Waals surface area contributed by atoms with Crippen molar-refractivity contribution in [2.24, 2.45) is 0 Å². The van der Waals surface area contributed by atoms with E-state index in [-0.39, 0.29) is 0 Å². The Morgan fingerprint density at radius 3 is 1.54 bits per heavy atom. The van der Waals surface area contributed by atoms with Crippen LogP contribution in [0.3, 0.4) is 0 Å². The summed E-state index contributed by atoms with van der Waals surface area (Å²) in [5, 5.41) is 0. The Morgan fingerprint density at radius 1 is 1.00 bits per heavy atom. The van der Waals surface area contributed by atoms with Gasteiger partial charge in [-0.15, -0.1) is 0 Å². The molecule has 0 saturated heterocycles. The summed E-state index contributed by atoms with van der Waals surface area (Å²) in [7, 11) is -1.48. The number of hydrogen-bond acceptors (Lipinski definition) is 0. The molecule has 0 fully saturated rings. The summed E-state index contributed by atoms with van der Waals surface area (Å²) in [5.74, 6) is 0. The maximum absolute atomic E-state index is 6.73. The zero-order chi connectivity index (χ0) is 10.5. The first kappa shape index (κ1) is 13.5. The Labute approximate surface area is 89.8 Å². The molecule has 0 aromatic rings. The lowest BCUT2D eigenvalue weighted by atomic mass is 10.2. The maximum atomic E-state index is 6.73. The molecule has 0 spiro atoms. The molecule has 0 rings (SSSR count). The van der Waals surface area contributed by atoms with Crippen molar-refractivity contribution in [3.63, 3.8) is 0 Å². The van der Waals surface area contributed by atoms with Crippen LogP contribution in [0.1, 0.15) is 53.4 Å². The quantitative estimate of drug-likeness (QED) is 0.428. The van der Waals surface area contributed by atoms with E-state index in [0.29, 0.717) is 0 Å². The molecule has 2 heteroatoms. The van der Waals surface area contributed by atoms with Crippen molar-refractivity contribution < 1.29 is 0 Å². The van der Waals surface area contributed by atoms with Gasteiger partial charge in [0, 0.05) is 0 Å². The summed E-state index contributed by atoms with van der Waals surface area (Å²) in [4.78, 5) is 0. The minimum Gasteiger partial charge on any atom is -0.167 e. The third kappa shape index (κ3) is 4.03. The average Bonchev–Trinajstić information content (AvgIpc) is 2.05. The van der Waals surface area contributed by atoms with E-state index in [1.54, 1.807) is 0 Å². The summed E-state index contributed by atoms with van der Waals surface area (Å²) in [6.07, 6.45) is 5.16. The van der Waals surface area contributed by atoms with Gasteiger partial charge in [0.25, 0.3) is 0 Å². The van der Waals surface area contributed by atoms with E-state index in [1.807, 2.05) is 0 Å². The van der Waals surface area contributed by atoms with E-state index in [9.17, 15) is 0 Å². The molecule has 0 aromatic heterocycles. The van der Waals surface area contributed by atoms with Crippen LogP contribution < -0.4 is 0 Å². The van der Waals surface area contributed by atoms with Crippen LogP contribution in [0, 0.1) is 0 Å². The minimum absolute atomic E-state index is 0.765. The number of halogens is 1. The third-order valence-electron chi connectivity index (χ3n) is 3.37. The lowest BCUT2D eigenvalue weighted by Crippen LogP contribution is -2.33. The topological polar surface area (TPSA) is 0 Å². The summed E-state index contributed by atoms with van der Waals surface area (Å²) in [5.41, 5.74) is 1.53. The summed E-state index contributed by atoms with van der Waals surface area (Å²) < 4.78 is 0. The van der Waals surface area contributed by atoms with Crippen LogP contribution in [-0.2, 0) is 0 Å². The monoisotopic (exact) mass is 220 g/mol. The molecule has 0 aliphatic rings. The zero-order valence-corrected chi connectivity index (χ0v) is 11.6. The fourth-order valence-electron chi connectivity index (χ4n) is 1.92. The molecule has 0 N–H and O–H groups in total. The van der Waals surface area contributed by atoms with Crippen LogP contribution in [0.4, 0.5) is 0 Å². The van der Waals surface area contributed by atoms with Gasteiger partial charge in [0.1, 0.15) is 0 Å². The van der Waals surface area contributed by atoms with Gasteiger partial charge in [-0.2, -0.15) is 11.1 Å². The van der Waals surface area contributed by atoms with E-state index in [2.05, 4.69) is 34.2 Å². The third-order valence-corrected chi connectivity index (χ3v) is 10.0. The Kier molecular flexibility index (Phi) is 6.31. The molecule has 0 aliphatic carbocycles. The molecule has 0 nitrogen and oxygen atoms in total. The summed E-state index contributed by atoms with van der Waals surface area (Å²) in [6.45, 7) is 11.5. The summed E-state index contributed by atoms with van der Waals surface area (Å²) >= 11 is 6.73. The van der Waals surface area contributed by atoms with E-state index in [1.165, 1.54) is 25.7 Å². The molecule has 0 saturated carbocycles. The predicted octanol–water partition coefficient (Wildman–Crippen LogP) is 5.18. The van der Waals surface area contributed by atoms with Gasteiger partial charge >= 0.3 is 0 Å². The second-order valence-electron chi connectivity index (χ2n) is 4.53. The number of rotatable bonds is 6. The molecule has 80 valence electrons. The van der Waals surface area contributed by atoms with E-state index in [4.69, 9.17) is 11.1 Å². The largest absolute Gasteiger partial charge is 0.167 e. The van der Waals surface area contributed by atoms with Gasteiger partial charge in [0.15, 0.2) is 7.38 Å². The SMILES string of the molecule is CCCC(C)[Si](C)(Cl)C(C)CCC. The van der Waals surface area contributed by atoms with E-state index >= 15 is 0 Å². The Balaban J connectivity index is 4.17. The van der Waals surface area contributed by atoms with Crippen molar-refractivity contribution in [3.8, 4) is 0 Å². The smallest absolute Gasteiger partial charge is 0.159 e. The molecule has 0 amide bonds. The average molecular weight is 221 g/mol. The molecule has 0 heterocycles. The minimum atomic E-state index is -1.48. The highest BCUT2D eigenvalue weighted by Crippen LogP contribution is 2.40. The van der Waals surface area contributed by atoms with Crippen molar-refractivity contribution in [2.45, 2.75) is 71.0 Å². The normalized spacial score (nSPS) is 20.8. The Bertz CT molecular complexity index is 120. The molecular weight excluding hydrogens is 196 g/mol. The summed E-state index contributed by atoms with van der Waals surface area (Å²) in [6, 6.07) is 0. The van der Waals surface area contributed by atoms with Gasteiger partial charge in [-0.25, -0.2) is 0 Å². The fourth-order valence-corrected chi connectivity index (χ4v) is 5.25. The fraction of sp³-hybridized carbons (Fsp3) is 1.00. The van der Waals surface area contributed by atoms with Crippen LogP contribution >= 0.6 is 11.1 Å². The van der Waals surface area contributed by atoms with Gasteiger partial charge < -0.3 is 0 Å². The molecule has 0 bridgehead atoms. The molecule has 0 aromatic carbocycles. The standard InChI is InChI=1S/C11H25ClSi/c1-6-8-10(3)13(5,12)11(4)9-7-2/h10-11H,6-9H2,1-5H3. The van der Waals surface area contributed by atoms with Crippen LogP contribution in [0.5, 0.6) is 0 Å². The van der Waals surface area contributed by atoms with Crippen molar-refractivity contribution in [3.05, 3.63) is 0 Å². The van der Waals surface area contributed by atoms with E-state index in [0.717, 1.165) is 11.1 Å². The first-order valence-electron chi connectivity index (χ1n) is 5.65. The van der Waals surface area contributed by atoms with Crippen LogP contribution in [-0.4, -0.2) is 7.38 Å². The molecule has 13 heavy (non-hydrogen) atoms. The van der Waals surface area contributed by atoms with Crippen molar-refractivity contribution in [1.82, 2.24) is 0 Å². The molecule has 0 aliphatic heterocycles. The second-order valence-corrected chi connectivity index (χ2v) is 11.2. The van der Waals surface area contributed by atoms with Gasteiger partial charge in [0.05, 0.1) is 0 Å². The Hall–Kier alpha value is 0.507. The number of hydrogen-bond donors (Lipinski definition) is 0. The highest BCUT2D eigenvalue weighted by molar-refractivity contribution is 7.21. The van der Waals surface area contributed by atoms with Gasteiger partial charge in [0.2, 0.25) is 0 Å². The van der Waals surface area contributed by atoms with Gasteiger partial charge in [-0.1, -0.05) is 59.9 Å².